The van der Waals surface area contributed by atoms with Gasteiger partial charge in [-0.3, -0.25) is 4.79 Å². The van der Waals surface area contributed by atoms with Gasteiger partial charge in [0, 0.05) is 11.3 Å². The van der Waals surface area contributed by atoms with Crippen molar-refractivity contribution in [1.29, 1.82) is 0 Å². The third-order valence-corrected chi connectivity index (χ3v) is 3.46. The molecule has 0 atom stereocenters. The predicted octanol–water partition coefficient (Wildman–Crippen LogP) is 2.82. The summed E-state index contributed by atoms with van der Waals surface area (Å²) in [6.45, 7) is 1.78. The number of benzene rings is 2. The molecule has 1 amide bonds. The molecule has 2 rings (SSSR count). The van der Waals surface area contributed by atoms with Gasteiger partial charge in [0.1, 0.15) is 0 Å². The zero-order chi connectivity index (χ0) is 17.7. The fourth-order valence-corrected chi connectivity index (χ4v) is 2.12. The number of rotatable bonds is 4. The summed E-state index contributed by atoms with van der Waals surface area (Å²) in [6, 6.07) is 11.0. The van der Waals surface area contributed by atoms with Gasteiger partial charge in [0.25, 0.3) is 5.91 Å². The molecular weight excluding hydrogens is 310 g/mol. The van der Waals surface area contributed by atoms with Crippen LogP contribution in [0.2, 0.25) is 0 Å². The molecule has 0 heterocycles. The second-order valence-electron chi connectivity index (χ2n) is 5.04. The summed E-state index contributed by atoms with van der Waals surface area (Å²) in [5.41, 5.74) is 2.50. The summed E-state index contributed by atoms with van der Waals surface area (Å²) >= 11 is 0. The van der Waals surface area contributed by atoms with Crippen LogP contribution in [0.5, 0.6) is 0 Å². The van der Waals surface area contributed by atoms with Crippen molar-refractivity contribution in [3.05, 3.63) is 64.7 Å². The van der Waals surface area contributed by atoms with E-state index in [2.05, 4.69) is 14.8 Å². The molecule has 0 bridgehead atoms. The van der Waals surface area contributed by atoms with Crippen LogP contribution in [0.1, 0.15) is 36.6 Å². The second-order valence-corrected chi connectivity index (χ2v) is 5.04. The van der Waals surface area contributed by atoms with Crippen LogP contribution >= 0.6 is 0 Å². The summed E-state index contributed by atoms with van der Waals surface area (Å²) in [5.74, 6) is -1.22. The van der Waals surface area contributed by atoms with E-state index in [9.17, 15) is 14.4 Å². The van der Waals surface area contributed by atoms with Crippen LogP contribution < -0.4 is 5.32 Å². The summed E-state index contributed by atoms with van der Waals surface area (Å²) in [7, 11) is 2.61. The van der Waals surface area contributed by atoms with E-state index < -0.39 is 11.9 Å². The van der Waals surface area contributed by atoms with Crippen molar-refractivity contribution < 1.29 is 23.9 Å². The molecule has 24 heavy (non-hydrogen) atoms. The van der Waals surface area contributed by atoms with Gasteiger partial charge in [0.2, 0.25) is 0 Å². The summed E-state index contributed by atoms with van der Waals surface area (Å²) in [4.78, 5) is 35.1. The van der Waals surface area contributed by atoms with Gasteiger partial charge in [0.05, 0.1) is 25.3 Å². The van der Waals surface area contributed by atoms with Crippen molar-refractivity contribution in [2.75, 3.05) is 19.5 Å². The molecule has 1 N–H and O–H groups in total. The van der Waals surface area contributed by atoms with Gasteiger partial charge in [-0.25, -0.2) is 9.59 Å². The largest absolute Gasteiger partial charge is 0.465 e. The van der Waals surface area contributed by atoms with Gasteiger partial charge in [-0.05, 0) is 55.0 Å². The van der Waals surface area contributed by atoms with Gasteiger partial charge in [0.15, 0.2) is 0 Å². The first-order valence-electron chi connectivity index (χ1n) is 7.15. The maximum absolute atomic E-state index is 12.3. The smallest absolute Gasteiger partial charge is 0.337 e. The third kappa shape index (κ3) is 3.78. The summed E-state index contributed by atoms with van der Waals surface area (Å²) < 4.78 is 9.27. The highest BCUT2D eigenvalue weighted by atomic mass is 16.5. The minimum absolute atomic E-state index is 0.319. The molecule has 2 aromatic rings. The highest BCUT2D eigenvalue weighted by Crippen LogP contribution is 2.18. The predicted molar refractivity (Wildman–Crippen MR) is 88.3 cm³/mol. The lowest BCUT2D eigenvalue weighted by molar-refractivity contribution is 0.0592. The molecule has 0 aliphatic carbocycles. The van der Waals surface area contributed by atoms with Crippen LogP contribution in [0.25, 0.3) is 0 Å². The van der Waals surface area contributed by atoms with Gasteiger partial charge < -0.3 is 14.8 Å². The Labute approximate surface area is 139 Å². The average molecular weight is 327 g/mol. The Hall–Kier alpha value is -3.15. The van der Waals surface area contributed by atoms with E-state index in [1.54, 1.807) is 37.3 Å². The highest BCUT2D eigenvalue weighted by molar-refractivity contribution is 6.05. The van der Waals surface area contributed by atoms with Crippen molar-refractivity contribution >= 4 is 23.5 Å². The molecule has 0 fully saturated rings. The number of ether oxygens (including phenoxy) is 2. The number of amides is 1. The van der Waals surface area contributed by atoms with Crippen molar-refractivity contribution in [2.24, 2.45) is 0 Å². The minimum Gasteiger partial charge on any atom is -0.465 e. The van der Waals surface area contributed by atoms with E-state index in [1.165, 1.54) is 26.4 Å². The lowest BCUT2D eigenvalue weighted by atomic mass is 10.1. The van der Waals surface area contributed by atoms with E-state index in [1.807, 2.05) is 0 Å². The maximum Gasteiger partial charge on any atom is 0.337 e. The molecule has 6 nitrogen and oxygen atoms in total. The number of nitrogens with one attached hydrogen (secondary N) is 1. The zero-order valence-corrected chi connectivity index (χ0v) is 13.6. The Morgan fingerprint density at radius 2 is 1.29 bits per heavy atom. The zero-order valence-electron chi connectivity index (χ0n) is 13.6. The van der Waals surface area contributed by atoms with E-state index in [-0.39, 0.29) is 5.91 Å². The maximum atomic E-state index is 12.3. The molecule has 124 valence electrons. The first kappa shape index (κ1) is 17.2. The van der Waals surface area contributed by atoms with Crippen LogP contribution in [0, 0.1) is 6.92 Å². The van der Waals surface area contributed by atoms with E-state index in [4.69, 9.17) is 0 Å². The highest BCUT2D eigenvalue weighted by Gasteiger charge is 2.12. The van der Waals surface area contributed by atoms with Crippen molar-refractivity contribution in [3.8, 4) is 0 Å². The number of hydrogen-bond donors (Lipinski definition) is 1. The van der Waals surface area contributed by atoms with Gasteiger partial charge in [-0.1, -0.05) is 0 Å². The van der Waals surface area contributed by atoms with Gasteiger partial charge >= 0.3 is 11.9 Å². The first-order valence-corrected chi connectivity index (χ1v) is 7.15. The molecule has 0 aromatic heterocycles. The van der Waals surface area contributed by atoms with E-state index >= 15 is 0 Å². The van der Waals surface area contributed by atoms with Crippen molar-refractivity contribution in [1.82, 2.24) is 0 Å². The van der Waals surface area contributed by atoms with E-state index in [0.29, 0.717) is 22.4 Å². The summed E-state index contributed by atoms with van der Waals surface area (Å²) in [6.07, 6.45) is 0. The van der Waals surface area contributed by atoms with Crippen LogP contribution in [-0.2, 0) is 9.47 Å². The Morgan fingerprint density at radius 3 is 1.83 bits per heavy atom. The number of hydrogen-bond acceptors (Lipinski definition) is 5. The third-order valence-electron chi connectivity index (χ3n) is 3.46. The molecular formula is C18H17NO5. The second kappa shape index (κ2) is 7.41. The Balaban J connectivity index is 2.14. The minimum atomic E-state index is -0.462. The first-order chi connectivity index (χ1) is 11.5. The number of carbonyl (C=O) groups is 3. The van der Waals surface area contributed by atoms with E-state index in [0.717, 1.165) is 5.56 Å². The SMILES string of the molecule is COC(=O)c1ccc(C(=O)Nc2ccc(C(=O)OC)cc2C)cc1. The lowest BCUT2D eigenvalue weighted by Crippen LogP contribution is -2.13. The van der Waals surface area contributed by atoms with Crippen molar-refractivity contribution in [3.63, 3.8) is 0 Å². The number of methoxy groups -OCH3 is 2. The summed E-state index contributed by atoms with van der Waals surface area (Å²) in [5, 5.41) is 2.77. The molecule has 0 aliphatic heterocycles. The normalized spacial score (nSPS) is 9.96. The molecule has 6 heteroatoms. The lowest BCUT2D eigenvalue weighted by Gasteiger charge is -2.10. The molecule has 0 radical (unpaired) electrons. The number of esters is 2. The molecule has 0 saturated heterocycles. The Kier molecular flexibility index (Phi) is 5.31. The molecule has 0 saturated carbocycles. The fraction of sp³-hybridized carbons (Fsp3) is 0.167. The number of aryl methyl sites for hydroxylation is 1. The average Bonchev–Trinajstić information content (AvgIpc) is 2.62. The molecule has 0 spiro atoms. The van der Waals surface area contributed by atoms with Crippen LogP contribution in [-0.4, -0.2) is 32.1 Å². The van der Waals surface area contributed by atoms with Gasteiger partial charge in [-0.15, -0.1) is 0 Å². The molecule has 0 unspecified atom stereocenters. The molecule has 0 aliphatic rings. The fourth-order valence-electron chi connectivity index (χ4n) is 2.12. The Bertz CT molecular complexity index is 780. The number of anilines is 1. The van der Waals surface area contributed by atoms with Crippen LogP contribution in [0.15, 0.2) is 42.5 Å². The van der Waals surface area contributed by atoms with Crippen LogP contribution in [0.3, 0.4) is 0 Å². The van der Waals surface area contributed by atoms with Crippen molar-refractivity contribution in [2.45, 2.75) is 6.92 Å². The van der Waals surface area contributed by atoms with Crippen LogP contribution in [0.4, 0.5) is 5.69 Å². The number of carbonyl (C=O) groups excluding carboxylic acids is 3. The molecule has 2 aromatic carbocycles. The Morgan fingerprint density at radius 1 is 0.792 bits per heavy atom. The van der Waals surface area contributed by atoms with Gasteiger partial charge in [-0.2, -0.15) is 0 Å². The standard InChI is InChI=1S/C18H17NO5/c1-11-10-14(18(22)24-3)8-9-15(11)19-16(20)12-4-6-13(7-5-12)17(21)23-2/h4-10H,1-3H3,(H,19,20). The quantitative estimate of drug-likeness (QED) is 0.873. The monoisotopic (exact) mass is 327 g/mol. The topological polar surface area (TPSA) is 81.7 Å².